The number of carbonyl (C=O) groups is 2. The molecule has 29 heavy (non-hydrogen) atoms. The minimum absolute atomic E-state index is 0.0849. The van der Waals surface area contributed by atoms with Crippen LogP contribution >= 0.6 is 0 Å². The summed E-state index contributed by atoms with van der Waals surface area (Å²) in [5, 5.41) is 0. The summed E-state index contributed by atoms with van der Waals surface area (Å²) < 4.78 is 18.9. The summed E-state index contributed by atoms with van der Waals surface area (Å²) >= 11 is 0. The topological polar surface area (TPSA) is 53.8 Å². The van der Waals surface area contributed by atoms with E-state index in [1.54, 1.807) is 21.9 Å². The fourth-order valence-electron chi connectivity index (χ4n) is 3.71. The molecule has 0 bridgehead atoms. The lowest BCUT2D eigenvalue weighted by molar-refractivity contribution is -0.145. The third-order valence-corrected chi connectivity index (χ3v) is 5.81. The first-order chi connectivity index (χ1) is 14.0. The van der Waals surface area contributed by atoms with Crippen molar-refractivity contribution in [2.45, 2.75) is 58.2 Å². The Hall–Kier alpha value is -2.63. The second-order valence-corrected chi connectivity index (χ2v) is 8.21. The highest BCUT2D eigenvalue weighted by Crippen LogP contribution is 2.34. The van der Waals surface area contributed by atoms with Gasteiger partial charge in [-0.3, -0.25) is 9.59 Å². The molecule has 2 aliphatic rings. The van der Waals surface area contributed by atoms with E-state index in [0.29, 0.717) is 18.8 Å². The van der Waals surface area contributed by atoms with Crippen LogP contribution in [0.5, 0.6) is 0 Å². The third-order valence-electron chi connectivity index (χ3n) is 5.81. The molecular weight excluding hydrogens is 371 g/mol. The molecular formula is C23H27FN2O3. The van der Waals surface area contributed by atoms with Crippen LogP contribution in [0.3, 0.4) is 0 Å². The normalized spacial score (nSPS) is 16.3. The zero-order valence-corrected chi connectivity index (χ0v) is 16.8. The highest BCUT2D eigenvalue weighted by molar-refractivity contribution is 5.86. The van der Waals surface area contributed by atoms with E-state index in [4.69, 9.17) is 4.42 Å². The average molecular weight is 398 g/mol. The van der Waals surface area contributed by atoms with Crippen LogP contribution < -0.4 is 0 Å². The molecule has 0 spiro atoms. The maximum Gasteiger partial charge on any atom is 0.242 e. The van der Waals surface area contributed by atoms with Crippen LogP contribution in [-0.2, 0) is 22.7 Å². The number of amides is 2. The van der Waals surface area contributed by atoms with Crippen molar-refractivity contribution in [3.8, 4) is 0 Å². The number of nitrogens with zero attached hydrogens (tertiary/aromatic N) is 2. The van der Waals surface area contributed by atoms with Gasteiger partial charge in [0, 0.05) is 18.5 Å². The van der Waals surface area contributed by atoms with Crippen LogP contribution in [0.25, 0.3) is 0 Å². The Morgan fingerprint density at radius 3 is 2.31 bits per heavy atom. The molecule has 0 radical (unpaired) electrons. The number of halogens is 1. The highest BCUT2D eigenvalue weighted by atomic mass is 19.1. The second kappa shape index (κ2) is 8.39. The van der Waals surface area contributed by atoms with Gasteiger partial charge in [0.25, 0.3) is 0 Å². The summed E-state index contributed by atoms with van der Waals surface area (Å²) in [7, 11) is 0. The molecule has 0 aliphatic heterocycles. The molecule has 4 rings (SSSR count). The first-order valence-corrected chi connectivity index (χ1v) is 10.4. The lowest BCUT2D eigenvalue weighted by Gasteiger charge is -2.33. The summed E-state index contributed by atoms with van der Waals surface area (Å²) in [6.07, 6.45) is 4.90. The van der Waals surface area contributed by atoms with Crippen molar-refractivity contribution in [3.05, 3.63) is 59.3 Å². The smallest absolute Gasteiger partial charge is 0.242 e. The van der Waals surface area contributed by atoms with Gasteiger partial charge < -0.3 is 14.2 Å². The molecule has 2 saturated carbocycles. The molecule has 1 aromatic carbocycles. The van der Waals surface area contributed by atoms with Crippen LogP contribution in [0.4, 0.5) is 4.39 Å². The molecule has 5 nitrogen and oxygen atoms in total. The maximum absolute atomic E-state index is 13.3. The van der Waals surface area contributed by atoms with E-state index in [2.05, 4.69) is 0 Å². The van der Waals surface area contributed by atoms with E-state index in [0.717, 1.165) is 43.4 Å². The number of furan rings is 1. The molecule has 1 aromatic heterocycles. The van der Waals surface area contributed by atoms with E-state index in [-0.39, 0.29) is 36.1 Å². The van der Waals surface area contributed by atoms with Gasteiger partial charge in [0.2, 0.25) is 11.8 Å². The molecule has 0 saturated heterocycles. The number of benzene rings is 1. The van der Waals surface area contributed by atoms with Crippen LogP contribution in [0, 0.1) is 18.7 Å². The molecule has 2 aromatic rings. The predicted molar refractivity (Wildman–Crippen MR) is 106 cm³/mol. The Bertz CT molecular complexity index is 869. The van der Waals surface area contributed by atoms with Gasteiger partial charge in [-0.1, -0.05) is 18.6 Å². The number of hydrogen-bond acceptors (Lipinski definition) is 3. The molecule has 2 amide bonds. The van der Waals surface area contributed by atoms with Crippen molar-refractivity contribution in [1.29, 1.82) is 0 Å². The van der Waals surface area contributed by atoms with Gasteiger partial charge in [-0.15, -0.1) is 0 Å². The summed E-state index contributed by atoms with van der Waals surface area (Å²) in [4.78, 5) is 29.5. The van der Waals surface area contributed by atoms with Gasteiger partial charge in [0.1, 0.15) is 23.9 Å². The zero-order chi connectivity index (χ0) is 20.4. The maximum atomic E-state index is 13.3. The minimum Gasteiger partial charge on any atom is -0.464 e. The van der Waals surface area contributed by atoms with E-state index >= 15 is 0 Å². The predicted octanol–water partition coefficient (Wildman–Crippen LogP) is 4.05. The number of aryl methyl sites for hydroxylation is 1. The van der Waals surface area contributed by atoms with Gasteiger partial charge in [0.05, 0.1) is 6.54 Å². The Kier molecular flexibility index (Phi) is 5.69. The summed E-state index contributed by atoms with van der Waals surface area (Å²) in [6, 6.07) is 10.1. The lowest BCUT2D eigenvalue weighted by Crippen LogP contribution is -2.46. The van der Waals surface area contributed by atoms with Crippen molar-refractivity contribution in [2.24, 2.45) is 5.92 Å². The SMILES string of the molecule is Cc1ccc(CN(Cc2ccc(F)cc2)C(=O)CN(C(=O)C2CCC2)C2CC2)o1. The number of hydrogen-bond donors (Lipinski definition) is 0. The number of rotatable bonds is 8. The molecule has 0 atom stereocenters. The molecule has 6 heteroatoms. The van der Waals surface area contributed by atoms with Crippen molar-refractivity contribution in [1.82, 2.24) is 9.80 Å². The van der Waals surface area contributed by atoms with Crippen molar-refractivity contribution >= 4 is 11.8 Å². The van der Waals surface area contributed by atoms with E-state index in [9.17, 15) is 14.0 Å². The fourth-order valence-corrected chi connectivity index (χ4v) is 3.71. The molecule has 2 aliphatic carbocycles. The van der Waals surface area contributed by atoms with E-state index in [1.165, 1.54) is 12.1 Å². The Labute approximate surface area is 170 Å². The third kappa shape index (κ3) is 4.86. The Balaban J connectivity index is 1.49. The van der Waals surface area contributed by atoms with Crippen LogP contribution in [-0.4, -0.2) is 34.2 Å². The quantitative estimate of drug-likeness (QED) is 0.674. The van der Waals surface area contributed by atoms with Crippen LogP contribution in [0.15, 0.2) is 40.8 Å². The van der Waals surface area contributed by atoms with Crippen molar-refractivity contribution in [2.75, 3.05) is 6.54 Å². The van der Waals surface area contributed by atoms with E-state index < -0.39 is 0 Å². The lowest BCUT2D eigenvalue weighted by atomic mass is 9.84. The van der Waals surface area contributed by atoms with Crippen molar-refractivity contribution < 1.29 is 18.4 Å². The monoisotopic (exact) mass is 398 g/mol. The van der Waals surface area contributed by atoms with Crippen molar-refractivity contribution in [3.63, 3.8) is 0 Å². The Morgan fingerprint density at radius 2 is 1.76 bits per heavy atom. The Morgan fingerprint density at radius 1 is 1.03 bits per heavy atom. The van der Waals surface area contributed by atoms with Gasteiger partial charge >= 0.3 is 0 Å². The largest absolute Gasteiger partial charge is 0.464 e. The minimum atomic E-state index is -0.306. The first kappa shape index (κ1) is 19.7. The second-order valence-electron chi connectivity index (χ2n) is 8.21. The summed E-state index contributed by atoms with van der Waals surface area (Å²) in [5.74, 6) is 1.28. The molecule has 2 fully saturated rings. The van der Waals surface area contributed by atoms with Gasteiger partial charge in [-0.25, -0.2) is 4.39 Å². The fraction of sp³-hybridized carbons (Fsp3) is 0.478. The van der Waals surface area contributed by atoms with Gasteiger partial charge in [-0.2, -0.15) is 0 Å². The molecule has 0 unspecified atom stereocenters. The number of carbonyl (C=O) groups excluding carboxylic acids is 2. The summed E-state index contributed by atoms with van der Waals surface area (Å²) in [5.41, 5.74) is 0.839. The zero-order valence-electron chi connectivity index (χ0n) is 16.8. The van der Waals surface area contributed by atoms with Gasteiger partial charge in [-0.05, 0) is 62.4 Å². The van der Waals surface area contributed by atoms with Crippen LogP contribution in [0.2, 0.25) is 0 Å². The van der Waals surface area contributed by atoms with Gasteiger partial charge in [0.15, 0.2) is 0 Å². The standard InChI is InChI=1S/C23H27FN2O3/c1-16-5-12-21(29-16)14-25(13-17-6-8-19(24)9-7-17)22(27)15-26(20-10-11-20)23(28)18-3-2-4-18/h5-9,12,18,20H,2-4,10-11,13-15H2,1H3. The summed E-state index contributed by atoms with van der Waals surface area (Å²) in [6.45, 7) is 2.62. The highest BCUT2D eigenvalue weighted by Gasteiger charge is 2.39. The van der Waals surface area contributed by atoms with E-state index in [1.807, 2.05) is 19.1 Å². The average Bonchev–Trinajstić information content (AvgIpc) is 3.41. The molecule has 0 N–H and O–H groups in total. The molecule has 154 valence electrons. The first-order valence-electron chi connectivity index (χ1n) is 10.4. The molecule has 1 heterocycles. The van der Waals surface area contributed by atoms with Crippen LogP contribution in [0.1, 0.15) is 49.2 Å².